The van der Waals surface area contributed by atoms with Gasteiger partial charge in [0.25, 0.3) is 0 Å². The van der Waals surface area contributed by atoms with Gasteiger partial charge in [-0.25, -0.2) is 4.39 Å². The predicted molar refractivity (Wildman–Crippen MR) is 140 cm³/mol. The van der Waals surface area contributed by atoms with Gasteiger partial charge in [-0.3, -0.25) is 9.59 Å². The molecular weight excluding hydrogens is 465 g/mol. The van der Waals surface area contributed by atoms with Crippen LogP contribution in [0.2, 0.25) is 0 Å². The van der Waals surface area contributed by atoms with Gasteiger partial charge in [0.2, 0.25) is 11.8 Å². The fraction of sp³-hybridized carbons (Fsp3) is 0.429. The number of halogens is 2. The van der Waals surface area contributed by atoms with Crippen molar-refractivity contribution in [1.29, 1.82) is 0 Å². The number of aromatic nitrogens is 1. The first-order chi connectivity index (χ1) is 16.6. The van der Waals surface area contributed by atoms with Crippen LogP contribution in [0.4, 0.5) is 4.39 Å². The Morgan fingerprint density at radius 3 is 2.40 bits per heavy atom. The van der Waals surface area contributed by atoms with Crippen LogP contribution in [0.15, 0.2) is 54.7 Å². The van der Waals surface area contributed by atoms with E-state index in [1.807, 2.05) is 38.2 Å². The number of fused-ring (bicyclic) bond motifs is 1. The maximum Gasteiger partial charge on any atom is 0.242 e. The highest BCUT2D eigenvalue weighted by Gasteiger charge is 2.33. The van der Waals surface area contributed by atoms with Gasteiger partial charge < -0.3 is 14.8 Å². The van der Waals surface area contributed by atoms with Crippen LogP contribution in [0.1, 0.15) is 38.8 Å². The van der Waals surface area contributed by atoms with Crippen molar-refractivity contribution in [3.63, 3.8) is 0 Å². The molecule has 0 saturated heterocycles. The number of H-pyrrole nitrogens is 1. The van der Waals surface area contributed by atoms with Crippen LogP contribution < -0.4 is 0 Å². The number of alkyl halides is 1. The Balaban J connectivity index is 1.82. The van der Waals surface area contributed by atoms with Gasteiger partial charge in [0.15, 0.2) is 0 Å². The minimum absolute atomic E-state index is 0.0214. The zero-order valence-corrected chi connectivity index (χ0v) is 21.7. The normalized spacial score (nSPS) is 11.7. The third kappa shape index (κ3) is 7.07. The first-order valence-electron chi connectivity index (χ1n) is 12.0. The smallest absolute Gasteiger partial charge is 0.242 e. The number of hydrogen-bond acceptors (Lipinski definition) is 2. The standard InChI is InChI=1S/C28H35ClFN3O2/c1-20(2)16-33(27(35)28(3,4)19-29)18-26(34)32(17-21-9-11-23(30)12-10-21)14-13-22-15-31-25-8-6-5-7-24(22)25/h5-12,15,20,31H,13-14,16-19H2,1-4H3. The Kier molecular flexibility index (Phi) is 8.95. The molecule has 0 aliphatic rings. The fourth-order valence-corrected chi connectivity index (χ4v) is 4.22. The van der Waals surface area contributed by atoms with Crippen LogP contribution >= 0.6 is 11.6 Å². The molecule has 0 fully saturated rings. The molecule has 2 aromatic carbocycles. The van der Waals surface area contributed by atoms with Gasteiger partial charge in [0, 0.05) is 42.6 Å². The Hall–Kier alpha value is -2.86. The molecular formula is C28H35ClFN3O2. The van der Waals surface area contributed by atoms with Crippen LogP contribution in [0, 0.1) is 17.2 Å². The highest BCUT2D eigenvalue weighted by atomic mass is 35.5. The molecule has 188 valence electrons. The molecule has 0 bridgehead atoms. The van der Waals surface area contributed by atoms with Crippen molar-refractivity contribution in [1.82, 2.24) is 14.8 Å². The first kappa shape index (κ1) is 26.7. The number of carbonyl (C=O) groups excluding carboxylic acids is 2. The number of nitrogens with one attached hydrogen (secondary N) is 1. The second kappa shape index (κ2) is 11.7. The molecule has 3 rings (SSSR count). The van der Waals surface area contributed by atoms with Gasteiger partial charge in [0.1, 0.15) is 5.82 Å². The molecule has 1 N–H and O–H groups in total. The van der Waals surface area contributed by atoms with E-state index < -0.39 is 5.41 Å². The molecule has 0 unspecified atom stereocenters. The summed E-state index contributed by atoms with van der Waals surface area (Å²) in [5.74, 6) is -0.215. The number of benzene rings is 2. The SMILES string of the molecule is CC(C)CN(CC(=O)N(CCc1c[nH]c2ccccc12)Cc1ccc(F)cc1)C(=O)C(C)(C)CCl. The maximum absolute atomic E-state index is 13.6. The van der Waals surface area contributed by atoms with E-state index >= 15 is 0 Å². The Bertz CT molecular complexity index is 1140. The lowest BCUT2D eigenvalue weighted by molar-refractivity contribution is -0.146. The predicted octanol–water partition coefficient (Wildman–Crippen LogP) is 5.63. The monoisotopic (exact) mass is 499 g/mol. The molecule has 3 aromatic rings. The molecule has 7 heteroatoms. The Morgan fingerprint density at radius 1 is 1.06 bits per heavy atom. The summed E-state index contributed by atoms with van der Waals surface area (Å²) in [6.07, 6.45) is 2.63. The second-order valence-electron chi connectivity index (χ2n) is 10.1. The minimum atomic E-state index is -0.761. The third-order valence-corrected chi connectivity index (χ3v) is 6.75. The van der Waals surface area contributed by atoms with Gasteiger partial charge in [-0.05, 0) is 55.5 Å². The number of nitrogens with zero attached hydrogens (tertiary/aromatic N) is 2. The lowest BCUT2D eigenvalue weighted by Gasteiger charge is -2.33. The minimum Gasteiger partial charge on any atom is -0.361 e. The van der Waals surface area contributed by atoms with Crippen molar-refractivity contribution in [2.24, 2.45) is 11.3 Å². The van der Waals surface area contributed by atoms with Crippen molar-refractivity contribution < 1.29 is 14.0 Å². The third-order valence-electron chi connectivity index (χ3n) is 6.08. The van der Waals surface area contributed by atoms with E-state index in [0.29, 0.717) is 26.1 Å². The van der Waals surface area contributed by atoms with Crippen molar-refractivity contribution in [2.75, 3.05) is 25.5 Å². The van der Waals surface area contributed by atoms with Crippen molar-refractivity contribution in [2.45, 2.75) is 40.7 Å². The van der Waals surface area contributed by atoms with E-state index in [0.717, 1.165) is 22.0 Å². The summed E-state index contributed by atoms with van der Waals surface area (Å²) in [6.45, 7) is 8.90. The van der Waals surface area contributed by atoms with Crippen LogP contribution in [0.3, 0.4) is 0 Å². The molecule has 0 aliphatic carbocycles. The van der Waals surface area contributed by atoms with Gasteiger partial charge in [-0.2, -0.15) is 0 Å². The van der Waals surface area contributed by atoms with E-state index in [-0.39, 0.29) is 36.0 Å². The van der Waals surface area contributed by atoms with E-state index in [1.165, 1.54) is 12.1 Å². The lowest BCUT2D eigenvalue weighted by atomic mass is 9.93. The molecule has 0 saturated carbocycles. The number of rotatable bonds is 11. The van der Waals surface area contributed by atoms with Crippen molar-refractivity contribution in [3.05, 3.63) is 71.7 Å². The summed E-state index contributed by atoms with van der Waals surface area (Å²) in [6, 6.07) is 14.2. The molecule has 2 amide bonds. The largest absolute Gasteiger partial charge is 0.361 e. The van der Waals surface area contributed by atoms with Crippen molar-refractivity contribution in [3.8, 4) is 0 Å². The molecule has 1 aromatic heterocycles. The van der Waals surface area contributed by atoms with Crippen molar-refractivity contribution >= 4 is 34.3 Å². The number of para-hydroxylation sites is 1. The number of aromatic amines is 1. The summed E-state index contributed by atoms with van der Waals surface area (Å²) >= 11 is 6.07. The summed E-state index contributed by atoms with van der Waals surface area (Å²) in [4.78, 5) is 33.4. The lowest BCUT2D eigenvalue weighted by Crippen LogP contribution is -2.49. The summed E-state index contributed by atoms with van der Waals surface area (Å²) in [5, 5.41) is 1.13. The van der Waals surface area contributed by atoms with E-state index in [1.54, 1.807) is 35.8 Å². The van der Waals surface area contributed by atoms with E-state index in [2.05, 4.69) is 11.1 Å². The average Bonchev–Trinajstić information content (AvgIpc) is 3.24. The molecule has 5 nitrogen and oxygen atoms in total. The Morgan fingerprint density at radius 2 is 1.74 bits per heavy atom. The summed E-state index contributed by atoms with van der Waals surface area (Å²) < 4.78 is 13.5. The highest BCUT2D eigenvalue weighted by Crippen LogP contribution is 2.22. The van der Waals surface area contributed by atoms with Crippen LogP contribution in [-0.2, 0) is 22.6 Å². The molecule has 0 aliphatic heterocycles. The molecule has 35 heavy (non-hydrogen) atoms. The zero-order valence-electron chi connectivity index (χ0n) is 21.0. The molecule has 1 heterocycles. The van der Waals surface area contributed by atoms with Gasteiger partial charge >= 0.3 is 0 Å². The van der Waals surface area contributed by atoms with Crippen LogP contribution in [0.25, 0.3) is 10.9 Å². The molecule has 0 atom stereocenters. The number of amides is 2. The summed E-state index contributed by atoms with van der Waals surface area (Å²) in [5.41, 5.74) is 2.25. The number of hydrogen-bond donors (Lipinski definition) is 1. The first-order valence-corrected chi connectivity index (χ1v) is 12.6. The quantitative estimate of drug-likeness (QED) is 0.348. The maximum atomic E-state index is 13.6. The average molecular weight is 500 g/mol. The topological polar surface area (TPSA) is 56.4 Å². The zero-order chi connectivity index (χ0) is 25.6. The van der Waals surface area contributed by atoms with Gasteiger partial charge in [-0.15, -0.1) is 11.6 Å². The van der Waals surface area contributed by atoms with Gasteiger partial charge in [-0.1, -0.05) is 44.2 Å². The Labute approximate surface area is 212 Å². The van der Waals surface area contributed by atoms with Crippen LogP contribution in [-0.4, -0.2) is 52.1 Å². The molecule has 0 radical (unpaired) electrons. The number of carbonyl (C=O) groups is 2. The van der Waals surface area contributed by atoms with Gasteiger partial charge in [0.05, 0.1) is 12.0 Å². The fourth-order valence-electron chi connectivity index (χ4n) is 4.10. The highest BCUT2D eigenvalue weighted by molar-refractivity contribution is 6.19. The second-order valence-corrected chi connectivity index (χ2v) is 10.4. The van der Waals surface area contributed by atoms with E-state index in [9.17, 15) is 14.0 Å². The van der Waals surface area contributed by atoms with Crippen LogP contribution in [0.5, 0.6) is 0 Å². The summed E-state index contributed by atoms with van der Waals surface area (Å²) in [7, 11) is 0. The van der Waals surface area contributed by atoms with E-state index in [4.69, 9.17) is 11.6 Å². The molecule has 0 spiro atoms.